The van der Waals surface area contributed by atoms with Crippen LogP contribution in [0.5, 0.6) is 0 Å². The summed E-state index contributed by atoms with van der Waals surface area (Å²) in [6.07, 6.45) is 65.9. The number of nitrogens with one attached hydrogen (secondary N) is 1. The van der Waals surface area contributed by atoms with Crippen LogP contribution in [-0.2, 0) is 23.7 Å². The lowest BCUT2D eigenvalue weighted by Crippen LogP contribution is -2.65. The lowest BCUT2D eigenvalue weighted by atomic mass is 9.97. The summed E-state index contributed by atoms with van der Waals surface area (Å²) in [6, 6.07) is -0.827. The molecule has 2 saturated heterocycles. The van der Waals surface area contributed by atoms with Crippen molar-refractivity contribution in [2.75, 3.05) is 19.8 Å². The second kappa shape index (κ2) is 62.5. The van der Waals surface area contributed by atoms with E-state index in [4.69, 9.17) is 18.9 Å². The van der Waals surface area contributed by atoms with Crippen molar-refractivity contribution >= 4 is 5.91 Å². The Morgan fingerprint density at radius 3 is 1.15 bits per heavy atom. The van der Waals surface area contributed by atoms with Gasteiger partial charge in [-0.2, -0.15) is 0 Å². The number of amides is 1. The van der Waals surface area contributed by atoms with Crippen molar-refractivity contribution in [3.63, 3.8) is 0 Å². The molecule has 9 N–H and O–H groups in total. The highest BCUT2D eigenvalue weighted by atomic mass is 16.7. The molecule has 0 aromatic rings. The molecule has 0 saturated carbocycles. The van der Waals surface area contributed by atoms with Crippen molar-refractivity contribution in [2.45, 2.75) is 421 Å². The van der Waals surface area contributed by atoms with Crippen molar-refractivity contribution in [3.05, 3.63) is 48.6 Å². The molecule has 14 nitrogen and oxygen atoms in total. The van der Waals surface area contributed by atoms with Crippen LogP contribution in [0.25, 0.3) is 0 Å². The maximum atomic E-state index is 13.4. The summed E-state index contributed by atoms with van der Waals surface area (Å²) in [5, 5.41) is 87.7. The van der Waals surface area contributed by atoms with Gasteiger partial charge in [0.1, 0.15) is 48.8 Å². The van der Waals surface area contributed by atoms with Crippen LogP contribution in [0.2, 0.25) is 0 Å². The Kier molecular flexibility index (Phi) is 58.4. The topological polar surface area (TPSA) is 228 Å². The zero-order valence-corrected chi connectivity index (χ0v) is 59.1. The smallest absolute Gasteiger partial charge is 0.220 e. The van der Waals surface area contributed by atoms with Crippen LogP contribution in [0.4, 0.5) is 0 Å². The highest BCUT2D eigenvalue weighted by molar-refractivity contribution is 5.76. The van der Waals surface area contributed by atoms with Crippen LogP contribution in [-0.4, -0.2) is 140 Å². The summed E-state index contributed by atoms with van der Waals surface area (Å²) in [5.74, 6) is -0.199. The van der Waals surface area contributed by atoms with Gasteiger partial charge < -0.3 is 65.1 Å². The first-order chi connectivity index (χ1) is 45.1. The van der Waals surface area contributed by atoms with E-state index in [1.807, 2.05) is 0 Å². The van der Waals surface area contributed by atoms with Gasteiger partial charge in [0.05, 0.1) is 32.0 Å². The van der Waals surface area contributed by atoms with Gasteiger partial charge in [-0.1, -0.05) is 339 Å². The number of aliphatic hydroxyl groups excluding tert-OH is 8. The molecule has 1 amide bonds. The van der Waals surface area contributed by atoms with E-state index in [0.717, 1.165) is 77.0 Å². The van der Waals surface area contributed by atoms with E-state index in [2.05, 4.69) is 67.8 Å². The molecule has 0 aromatic heterocycles. The predicted molar refractivity (Wildman–Crippen MR) is 378 cm³/mol. The van der Waals surface area contributed by atoms with Gasteiger partial charge in [0.15, 0.2) is 12.6 Å². The third-order valence-corrected chi connectivity index (χ3v) is 19.1. The molecule has 2 heterocycles. The Labute approximate surface area is 563 Å². The number of hydrogen-bond acceptors (Lipinski definition) is 13. The first kappa shape index (κ1) is 86.0. The van der Waals surface area contributed by atoms with Gasteiger partial charge in [0, 0.05) is 6.42 Å². The Hall–Kier alpha value is -2.05. The van der Waals surface area contributed by atoms with Gasteiger partial charge in [-0.15, -0.1) is 0 Å². The average molecular weight is 1310 g/mol. The molecule has 2 aliphatic rings. The van der Waals surface area contributed by atoms with E-state index in [-0.39, 0.29) is 12.5 Å². The maximum Gasteiger partial charge on any atom is 0.220 e. The van der Waals surface area contributed by atoms with E-state index in [1.54, 1.807) is 0 Å². The number of carbonyl (C=O) groups is 1. The highest BCUT2D eigenvalue weighted by Gasteiger charge is 2.51. The van der Waals surface area contributed by atoms with E-state index >= 15 is 0 Å². The Morgan fingerprint density at radius 1 is 0.402 bits per heavy atom. The highest BCUT2D eigenvalue weighted by Crippen LogP contribution is 2.30. The molecule has 0 aromatic carbocycles. The third-order valence-electron chi connectivity index (χ3n) is 19.1. The minimum absolute atomic E-state index is 0.199. The summed E-state index contributed by atoms with van der Waals surface area (Å²) in [6.45, 7) is 2.80. The molecule has 2 rings (SSSR count). The normalized spacial score (nSPS) is 22.9. The number of rotatable bonds is 65. The number of aliphatic hydroxyl groups is 8. The van der Waals surface area contributed by atoms with Crippen molar-refractivity contribution in [3.8, 4) is 0 Å². The van der Waals surface area contributed by atoms with Gasteiger partial charge >= 0.3 is 0 Å². The van der Waals surface area contributed by atoms with E-state index in [1.165, 1.54) is 244 Å². The Morgan fingerprint density at radius 2 is 0.750 bits per heavy atom. The molecular formula is C78H145NO13. The van der Waals surface area contributed by atoms with Gasteiger partial charge in [-0.25, -0.2) is 0 Å². The van der Waals surface area contributed by atoms with Gasteiger partial charge in [-0.3, -0.25) is 4.79 Å². The minimum Gasteiger partial charge on any atom is -0.394 e. The third kappa shape index (κ3) is 45.5. The second-order valence-electron chi connectivity index (χ2n) is 27.5. The number of ether oxygens (including phenoxy) is 4. The minimum atomic E-state index is -1.78. The number of hydrogen-bond donors (Lipinski definition) is 9. The van der Waals surface area contributed by atoms with E-state index < -0.39 is 86.8 Å². The number of carbonyl (C=O) groups excluding carboxylic acids is 1. The summed E-state index contributed by atoms with van der Waals surface area (Å²) in [4.78, 5) is 13.4. The SMILES string of the molecule is CC/C=C\C/C=C\C/C=C\C/C=C\CCCCCCCCCCCCCCCCCCCCCCCCCCCCCCC(=O)NC(COC1OC(CO)C(OC2OC(CO)C(O)C(O)C2O)C(O)C1O)C(O)CCCCCCCCCCCCCCCCCCC. The number of unbranched alkanes of at least 4 members (excludes halogenated alkanes) is 44. The fourth-order valence-electron chi connectivity index (χ4n) is 12.9. The molecule has 12 unspecified atom stereocenters. The van der Waals surface area contributed by atoms with E-state index in [0.29, 0.717) is 12.8 Å². The van der Waals surface area contributed by atoms with Crippen LogP contribution >= 0.6 is 0 Å². The summed E-state index contributed by atoms with van der Waals surface area (Å²) in [5.41, 5.74) is 0. The molecular weight excluding hydrogens is 1160 g/mol. The molecule has 0 bridgehead atoms. The largest absolute Gasteiger partial charge is 0.394 e. The molecule has 2 aliphatic heterocycles. The zero-order valence-electron chi connectivity index (χ0n) is 59.1. The van der Waals surface area contributed by atoms with Crippen LogP contribution in [0.1, 0.15) is 348 Å². The van der Waals surface area contributed by atoms with Crippen LogP contribution in [0.3, 0.4) is 0 Å². The zero-order chi connectivity index (χ0) is 66.6. The molecule has 12 atom stereocenters. The maximum absolute atomic E-state index is 13.4. The monoisotopic (exact) mass is 1300 g/mol. The fourth-order valence-corrected chi connectivity index (χ4v) is 12.9. The van der Waals surface area contributed by atoms with Crippen LogP contribution in [0, 0.1) is 0 Å². The Bertz CT molecular complexity index is 1730. The van der Waals surface area contributed by atoms with Gasteiger partial charge in [0.25, 0.3) is 0 Å². The molecule has 2 fully saturated rings. The van der Waals surface area contributed by atoms with Crippen molar-refractivity contribution in [1.82, 2.24) is 5.32 Å². The van der Waals surface area contributed by atoms with Crippen molar-refractivity contribution in [1.29, 1.82) is 0 Å². The average Bonchev–Trinajstić information content (AvgIpc) is 0.856. The fraction of sp³-hybridized carbons (Fsp3) is 0.885. The number of allylic oxidation sites excluding steroid dienone is 8. The van der Waals surface area contributed by atoms with Gasteiger partial charge in [-0.05, 0) is 51.4 Å². The summed E-state index contributed by atoms with van der Waals surface area (Å²) in [7, 11) is 0. The standard InChI is InChI=1S/C78H145NO13/c1-3-5-7-9-11-13-15-17-19-21-22-23-24-25-26-27-28-29-30-31-32-33-34-35-36-37-38-39-40-41-42-43-44-46-48-50-52-54-56-58-60-62-70(83)79-66(67(82)61-59-57-55-53-51-49-47-45-20-18-16-14-12-10-8-6-4-2)65-89-77-75(88)73(86)76(69(64-81)91-77)92-78-74(87)72(85)71(84)68(63-80)90-78/h5,7,11,13,17,19,22-23,66-69,71-78,80-82,84-88H,3-4,6,8-10,12,14-16,18,20-21,24-65H2,1-2H3,(H,79,83)/b7-5-,13-11-,19-17-,23-22-. The van der Waals surface area contributed by atoms with Crippen molar-refractivity contribution in [2.24, 2.45) is 0 Å². The first-order valence-corrected chi connectivity index (χ1v) is 38.9. The van der Waals surface area contributed by atoms with Crippen LogP contribution in [0.15, 0.2) is 48.6 Å². The molecule has 0 radical (unpaired) electrons. The summed E-state index contributed by atoms with van der Waals surface area (Å²) < 4.78 is 22.9. The molecule has 14 heteroatoms. The molecule has 0 aliphatic carbocycles. The quantitative estimate of drug-likeness (QED) is 0.0204. The summed E-state index contributed by atoms with van der Waals surface area (Å²) >= 11 is 0. The lowest BCUT2D eigenvalue weighted by Gasteiger charge is -2.46. The molecule has 92 heavy (non-hydrogen) atoms. The van der Waals surface area contributed by atoms with Crippen LogP contribution < -0.4 is 5.32 Å². The van der Waals surface area contributed by atoms with Crippen molar-refractivity contribution < 1.29 is 64.6 Å². The molecule has 0 spiro atoms. The lowest BCUT2D eigenvalue weighted by molar-refractivity contribution is -0.359. The molecule has 540 valence electrons. The van der Waals surface area contributed by atoms with Gasteiger partial charge in [0.2, 0.25) is 5.91 Å². The second-order valence-corrected chi connectivity index (χ2v) is 27.5. The first-order valence-electron chi connectivity index (χ1n) is 38.9. The van der Waals surface area contributed by atoms with E-state index in [9.17, 15) is 45.6 Å². The predicted octanol–water partition coefficient (Wildman–Crippen LogP) is 17.0. The Balaban J connectivity index is 1.53.